The summed E-state index contributed by atoms with van der Waals surface area (Å²) in [5, 5.41) is 8.62. The summed E-state index contributed by atoms with van der Waals surface area (Å²) in [6.45, 7) is 0. The number of nitrogens with one attached hydrogen (secondary N) is 1. The Morgan fingerprint density at radius 1 is 1.20 bits per heavy atom. The largest absolute Gasteiger partial charge is 0.478 e. The fraction of sp³-hybridized carbons (Fsp3) is 0. The number of anilines is 1. The average Bonchev–Trinajstić information content (AvgIpc) is 2.39. The molecule has 1 heterocycles. The Morgan fingerprint density at radius 2 is 1.85 bits per heavy atom. The number of aromatic carboxylic acids is 1. The van der Waals surface area contributed by atoms with Crippen LogP contribution in [-0.2, 0) is 10.0 Å². The minimum atomic E-state index is -3.87. The maximum absolute atomic E-state index is 12.1. The number of pyridine rings is 1. The molecule has 104 valence electrons. The quantitative estimate of drug-likeness (QED) is 0.844. The predicted molar refractivity (Wildman–Crippen MR) is 73.5 cm³/mol. The zero-order chi connectivity index (χ0) is 14.8. The van der Waals surface area contributed by atoms with Crippen molar-refractivity contribution in [2.75, 3.05) is 4.72 Å². The molecule has 0 aliphatic carbocycles. The van der Waals surface area contributed by atoms with Gasteiger partial charge in [-0.25, -0.2) is 18.2 Å². The smallest absolute Gasteiger partial charge is 0.335 e. The molecule has 2 rings (SSSR count). The van der Waals surface area contributed by atoms with Crippen molar-refractivity contribution < 1.29 is 18.3 Å². The Hall–Kier alpha value is -2.12. The molecule has 0 saturated carbocycles. The van der Waals surface area contributed by atoms with Crippen LogP contribution in [0.4, 0.5) is 5.69 Å². The first-order valence-electron chi connectivity index (χ1n) is 5.37. The van der Waals surface area contributed by atoms with E-state index in [1.54, 1.807) is 0 Å². The molecule has 0 amide bonds. The molecule has 2 N–H and O–H groups in total. The van der Waals surface area contributed by atoms with Crippen LogP contribution in [0.15, 0.2) is 47.5 Å². The second kappa shape index (κ2) is 5.48. The molecule has 1 aromatic heterocycles. The second-order valence-corrected chi connectivity index (χ2v) is 5.79. The van der Waals surface area contributed by atoms with Crippen molar-refractivity contribution in [1.29, 1.82) is 0 Å². The first-order chi connectivity index (χ1) is 9.40. The van der Waals surface area contributed by atoms with Gasteiger partial charge >= 0.3 is 5.97 Å². The van der Waals surface area contributed by atoms with Crippen LogP contribution in [0.1, 0.15) is 10.4 Å². The van der Waals surface area contributed by atoms with Crippen LogP contribution in [0.3, 0.4) is 0 Å². The molecule has 6 nitrogen and oxygen atoms in total. The van der Waals surface area contributed by atoms with E-state index in [1.165, 1.54) is 42.6 Å². The third-order valence-corrected chi connectivity index (χ3v) is 4.22. The maximum atomic E-state index is 12.1. The van der Waals surface area contributed by atoms with Gasteiger partial charge in [0.2, 0.25) is 0 Å². The molecule has 1 aromatic carbocycles. The lowest BCUT2D eigenvalue weighted by Crippen LogP contribution is -2.14. The monoisotopic (exact) mass is 312 g/mol. The van der Waals surface area contributed by atoms with Gasteiger partial charge in [-0.15, -0.1) is 0 Å². The Bertz CT molecular complexity index is 744. The van der Waals surface area contributed by atoms with E-state index < -0.39 is 16.0 Å². The minimum Gasteiger partial charge on any atom is -0.478 e. The van der Waals surface area contributed by atoms with Gasteiger partial charge in [0.1, 0.15) is 10.0 Å². The Labute approximate surface area is 120 Å². The van der Waals surface area contributed by atoms with E-state index in [1.807, 2.05) is 0 Å². The molecule has 0 unspecified atom stereocenters. The van der Waals surface area contributed by atoms with Gasteiger partial charge in [-0.05, 0) is 36.4 Å². The van der Waals surface area contributed by atoms with Crippen LogP contribution in [-0.4, -0.2) is 24.5 Å². The van der Waals surface area contributed by atoms with Gasteiger partial charge in [0.25, 0.3) is 10.0 Å². The number of sulfonamides is 1. The molecule has 0 saturated heterocycles. The summed E-state index contributed by atoms with van der Waals surface area (Å²) < 4.78 is 26.5. The normalized spacial score (nSPS) is 11.1. The molecule has 2 aromatic rings. The van der Waals surface area contributed by atoms with E-state index in [2.05, 4.69) is 9.71 Å². The minimum absolute atomic E-state index is 0.0624. The summed E-state index contributed by atoms with van der Waals surface area (Å²) >= 11 is 5.73. The zero-order valence-corrected chi connectivity index (χ0v) is 11.5. The number of carboxylic acids is 1. The number of nitrogens with zero attached hydrogens (tertiary/aromatic N) is 1. The van der Waals surface area contributed by atoms with Crippen LogP contribution >= 0.6 is 11.6 Å². The molecule has 0 bridgehead atoms. The van der Waals surface area contributed by atoms with Crippen LogP contribution in [0, 0.1) is 0 Å². The van der Waals surface area contributed by atoms with Crippen LogP contribution in [0.25, 0.3) is 0 Å². The first-order valence-corrected chi connectivity index (χ1v) is 7.23. The highest BCUT2D eigenvalue weighted by atomic mass is 35.5. The van der Waals surface area contributed by atoms with E-state index in [-0.39, 0.29) is 21.3 Å². The summed E-state index contributed by atoms with van der Waals surface area (Å²) in [5.74, 6) is -1.09. The summed E-state index contributed by atoms with van der Waals surface area (Å²) in [7, 11) is -3.87. The number of aromatic nitrogens is 1. The Balaban J connectivity index is 2.29. The van der Waals surface area contributed by atoms with Crippen molar-refractivity contribution in [3.05, 3.63) is 53.3 Å². The fourth-order valence-corrected chi connectivity index (χ4v) is 2.98. The molecule has 0 radical (unpaired) electrons. The van der Waals surface area contributed by atoms with E-state index in [4.69, 9.17) is 16.7 Å². The molecule has 0 spiro atoms. The standard InChI is InChI=1S/C12H9ClN2O4S/c13-11-10(2-1-7-14-11)20(18,19)15-9-5-3-8(4-6-9)12(16)17/h1-7,15H,(H,16,17). The number of hydrogen-bond donors (Lipinski definition) is 2. The van der Waals surface area contributed by atoms with Crippen LogP contribution in [0.5, 0.6) is 0 Å². The summed E-state index contributed by atoms with van der Waals surface area (Å²) in [5.41, 5.74) is 0.294. The maximum Gasteiger partial charge on any atom is 0.335 e. The first kappa shape index (κ1) is 14.3. The van der Waals surface area contributed by atoms with Gasteiger partial charge in [-0.3, -0.25) is 4.72 Å². The molecular weight excluding hydrogens is 304 g/mol. The molecule has 0 aliphatic heterocycles. The van der Waals surface area contributed by atoms with Crippen molar-refractivity contribution in [3.8, 4) is 0 Å². The van der Waals surface area contributed by atoms with Gasteiger partial charge in [-0.1, -0.05) is 11.6 Å². The van der Waals surface area contributed by atoms with Crippen molar-refractivity contribution in [2.45, 2.75) is 4.90 Å². The van der Waals surface area contributed by atoms with Crippen molar-refractivity contribution in [1.82, 2.24) is 4.98 Å². The molecule has 0 aliphatic rings. The average molecular weight is 313 g/mol. The molecule has 0 atom stereocenters. The molecule has 8 heteroatoms. The number of hydrogen-bond acceptors (Lipinski definition) is 4. The number of carbonyl (C=O) groups is 1. The SMILES string of the molecule is O=C(O)c1ccc(NS(=O)(=O)c2cccnc2Cl)cc1. The van der Waals surface area contributed by atoms with Gasteiger partial charge < -0.3 is 5.11 Å². The zero-order valence-electron chi connectivity index (χ0n) is 9.95. The summed E-state index contributed by atoms with van der Waals surface area (Å²) in [6.07, 6.45) is 1.38. The van der Waals surface area contributed by atoms with Gasteiger partial charge in [-0.2, -0.15) is 0 Å². The van der Waals surface area contributed by atoms with E-state index in [0.29, 0.717) is 0 Å². The van der Waals surface area contributed by atoms with E-state index in [9.17, 15) is 13.2 Å². The molecule has 0 fully saturated rings. The highest BCUT2D eigenvalue weighted by Crippen LogP contribution is 2.21. The fourth-order valence-electron chi connectivity index (χ4n) is 1.46. The van der Waals surface area contributed by atoms with Crippen LogP contribution < -0.4 is 4.72 Å². The van der Waals surface area contributed by atoms with Crippen LogP contribution in [0.2, 0.25) is 5.15 Å². The Morgan fingerprint density at radius 3 is 2.40 bits per heavy atom. The van der Waals surface area contributed by atoms with E-state index >= 15 is 0 Å². The van der Waals surface area contributed by atoms with Gasteiger partial charge in [0.15, 0.2) is 0 Å². The number of halogens is 1. The summed E-state index contributed by atoms with van der Waals surface area (Å²) in [4.78, 5) is 14.2. The van der Waals surface area contributed by atoms with Crippen molar-refractivity contribution >= 4 is 33.3 Å². The van der Waals surface area contributed by atoms with Gasteiger partial charge in [0, 0.05) is 11.9 Å². The lowest BCUT2D eigenvalue weighted by Gasteiger charge is -2.08. The molecular formula is C12H9ClN2O4S. The Kier molecular flexibility index (Phi) is 3.91. The third-order valence-electron chi connectivity index (χ3n) is 2.40. The van der Waals surface area contributed by atoms with Gasteiger partial charge in [0.05, 0.1) is 5.56 Å². The summed E-state index contributed by atoms with van der Waals surface area (Å²) in [6, 6.07) is 8.07. The molecule has 20 heavy (non-hydrogen) atoms. The highest BCUT2D eigenvalue weighted by Gasteiger charge is 2.18. The number of carboxylic acid groups (broad SMARTS) is 1. The number of benzene rings is 1. The lowest BCUT2D eigenvalue weighted by atomic mass is 10.2. The third kappa shape index (κ3) is 3.06. The lowest BCUT2D eigenvalue weighted by molar-refractivity contribution is 0.0697. The number of rotatable bonds is 4. The highest BCUT2D eigenvalue weighted by molar-refractivity contribution is 7.92. The second-order valence-electron chi connectivity index (χ2n) is 3.78. The van der Waals surface area contributed by atoms with Crippen molar-refractivity contribution in [3.63, 3.8) is 0 Å². The predicted octanol–water partition coefficient (Wildman–Crippen LogP) is 2.23. The van der Waals surface area contributed by atoms with Crippen molar-refractivity contribution in [2.24, 2.45) is 0 Å². The topological polar surface area (TPSA) is 96.4 Å². The van der Waals surface area contributed by atoms with E-state index in [0.717, 1.165) is 0 Å².